The maximum absolute atomic E-state index is 12.8. The van der Waals surface area contributed by atoms with Crippen LogP contribution in [0, 0.1) is 17.0 Å². The van der Waals surface area contributed by atoms with Gasteiger partial charge in [0.15, 0.2) is 10.1 Å². The van der Waals surface area contributed by atoms with Crippen LogP contribution in [0.5, 0.6) is 0 Å². The van der Waals surface area contributed by atoms with E-state index in [4.69, 9.17) is 28.2 Å². The summed E-state index contributed by atoms with van der Waals surface area (Å²) in [6.45, 7) is 2.08. The lowest BCUT2D eigenvalue weighted by molar-refractivity contribution is -0.389. The van der Waals surface area contributed by atoms with Crippen molar-refractivity contribution in [1.82, 2.24) is 15.1 Å². The van der Waals surface area contributed by atoms with Gasteiger partial charge in [-0.3, -0.25) is 9.69 Å². The van der Waals surface area contributed by atoms with Crippen LogP contribution in [0.4, 0.5) is 11.5 Å². The van der Waals surface area contributed by atoms with Crippen molar-refractivity contribution in [3.05, 3.63) is 80.5 Å². The molecule has 3 heterocycles. The molecule has 1 aromatic carbocycles. The molecule has 1 aliphatic heterocycles. The number of nitrogens with zero attached hydrogens (tertiary/aromatic N) is 4. The number of amides is 1. The minimum Gasteiger partial charge on any atom is -0.460 e. The zero-order valence-corrected chi connectivity index (χ0v) is 17.1. The van der Waals surface area contributed by atoms with Gasteiger partial charge < -0.3 is 19.8 Å². The molecule has 0 atom stereocenters. The van der Waals surface area contributed by atoms with Crippen molar-refractivity contribution in [3.8, 4) is 0 Å². The number of anilines is 1. The highest BCUT2D eigenvalue weighted by Gasteiger charge is 2.32. The standard InChI is InChI=1S/C19H14ClN5O4S/c1-11-3-2-4-12(7-11)24-18(26)16(21-19(24)30)8-13-5-6-14(29-13)9-23-10-15(20)17(22-23)25(27)28/h2-8,10H,9H2,1H3,(H,21,30). The van der Waals surface area contributed by atoms with E-state index in [1.54, 1.807) is 24.3 Å². The van der Waals surface area contributed by atoms with E-state index in [9.17, 15) is 14.9 Å². The van der Waals surface area contributed by atoms with E-state index in [-0.39, 0.29) is 28.3 Å². The second kappa shape index (κ2) is 7.73. The summed E-state index contributed by atoms with van der Waals surface area (Å²) in [5, 5.41) is 17.8. The van der Waals surface area contributed by atoms with Gasteiger partial charge >= 0.3 is 5.82 Å². The number of halogens is 1. The molecule has 0 spiro atoms. The second-order valence-electron chi connectivity index (χ2n) is 6.53. The van der Waals surface area contributed by atoms with Crippen LogP contribution < -0.4 is 10.2 Å². The fourth-order valence-corrected chi connectivity index (χ4v) is 3.50. The van der Waals surface area contributed by atoms with E-state index in [2.05, 4.69) is 10.4 Å². The van der Waals surface area contributed by atoms with Crippen molar-refractivity contribution < 1.29 is 14.1 Å². The number of nitro groups is 1. The number of nitrogens with one attached hydrogen (secondary N) is 1. The van der Waals surface area contributed by atoms with Gasteiger partial charge in [-0.05, 0) is 53.9 Å². The fourth-order valence-electron chi connectivity index (χ4n) is 2.99. The molecule has 0 bridgehead atoms. The molecule has 9 nitrogen and oxygen atoms in total. The number of aryl methyl sites for hydroxylation is 1. The van der Waals surface area contributed by atoms with Crippen molar-refractivity contribution >= 4 is 52.4 Å². The van der Waals surface area contributed by atoms with Gasteiger partial charge in [0.05, 0.1) is 17.0 Å². The molecule has 152 valence electrons. The quantitative estimate of drug-likeness (QED) is 0.277. The third kappa shape index (κ3) is 3.82. The Hall–Kier alpha value is -3.50. The minimum absolute atomic E-state index is 0.0561. The topological polar surface area (TPSA) is 106 Å². The Morgan fingerprint density at radius 2 is 2.17 bits per heavy atom. The molecular formula is C19H14ClN5O4S. The van der Waals surface area contributed by atoms with Gasteiger partial charge in [0.25, 0.3) is 5.91 Å². The number of furan rings is 1. The summed E-state index contributed by atoms with van der Waals surface area (Å²) < 4.78 is 7.01. The molecule has 0 unspecified atom stereocenters. The predicted molar refractivity (Wildman–Crippen MR) is 114 cm³/mol. The van der Waals surface area contributed by atoms with Crippen molar-refractivity contribution in [2.45, 2.75) is 13.5 Å². The van der Waals surface area contributed by atoms with E-state index in [1.165, 1.54) is 15.8 Å². The first kappa shape index (κ1) is 19.8. The van der Waals surface area contributed by atoms with Crippen LogP contribution >= 0.6 is 23.8 Å². The number of rotatable bonds is 5. The molecule has 0 saturated carbocycles. The number of thiocarbonyl (C=S) groups is 1. The van der Waals surface area contributed by atoms with Gasteiger partial charge in [-0.15, -0.1) is 0 Å². The summed E-state index contributed by atoms with van der Waals surface area (Å²) in [4.78, 5) is 24.4. The first-order valence-electron chi connectivity index (χ1n) is 8.71. The minimum atomic E-state index is -0.656. The maximum atomic E-state index is 12.8. The Bertz CT molecular complexity index is 1220. The molecule has 1 amide bonds. The van der Waals surface area contributed by atoms with Gasteiger partial charge in [-0.2, -0.15) is 4.68 Å². The average molecular weight is 444 g/mol. The number of benzene rings is 1. The lowest BCUT2D eigenvalue weighted by Crippen LogP contribution is -2.30. The van der Waals surface area contributed by atoms with Gasteiger partial charge in [-0.1, -0.05) is 23.7 Å². The molecule has 11 heteroatoms. The summed E-state index contributed by atoms with van der Waals surface area (Å²) >= 11 is 11.1. The monoisotopic (exact) mass is 443 g/mol. The van der Waals surface area contributed by atoms with Crippen LogP contribution in [0.15, 0.2) is 52.7 Å². The lowest BCUT2D eigenvalue weighted by atomic mass is 10.2. The third-order valence-corrected chi connectivity index (χ3v) is 4.85. The van der Waals surface area contributed by atoms with Crippen LogP contribution in [0.2, 0.25) is 5.02 Å². The van der Waals surface area contributed by atoms with E-state index in [0.717, 1.165) is 5.56 Å². The van der Waals surface area contributed by atoms with Gasteiger partial charge in [-0.25, -0.2) is 0 Å². The molecule has 1 N–H and O–H groups in total. The van der Waals surface area contributed by atoms with E-state index in [0.29, 0.717) is 17.2 Å². The predicted octanol–water partition coefficient (Wildman–Crippen LogP) is 3.66. The normalized spacial score (nSPS) is 15.1. The summed E-state index contributed by atoms with van der Waals surface area (Å²) in [6.07, 6.45) is 2.90. The van der Waals surface area contributed by atoms with E-state index >= 15 is 0 Å². The van der Waals surface area contributed by atoms with Crippen LogP contribution in [0.1, 0.15) is 17.1 Å². The first-order valence-corrected chi connectivity index (χ1v) is 9.50. The maximum Gasteiger partial charge on any atom is 0.408 e. The highest BCUT2D eigenvalue weighted by atomic mass is 35.5. The number of hydrogen-bond acceptors (Lipinski definition) is 6. The number of carbonyl (C=O) groups excluding carboxylic acids is 1. The van der Waals surface area contributed by atoms with Gasteiger partial charge in [0.2, 0.25) is 0 Å². The molecule has 1 fully saturated rings. The molecule has 1 saturated heterocycles. The van der Waals surface area contributed by atoms with Crippen LogP contribution in [0.25, 0.3) is 6.08 Å². The molecular weight excluding hydrogens is 430 g/mol. The number of aromatic nitrogens is 2. The highest BCUT2D eigenvalue weighted by Crippen LogP contribution is 2.25. The summed E-state index contributed by atoms with van der Waals surface area (Å²) in [6, 6.07) is 10.8. The Kier molecular flexibility index (Phi) is 5.10. The summed E-state index contributed by atoms with van der Waals surface area (Å²) in [7, 11) is 0. The summed E-state index contributed by atoms with van der Waals surface area (Å²) in [5.41, 5.74) is 1.97. The molecule has 4 rings (SSSR count). The highest BCUT2D eigenvalue weighted by molar-refractivity contribution is 7.80. The smallest absolute Gasteiger partial charge is 0.408 e. The van der Waals surface area contributed by atoms with Crippen LogP contribution in [0.3, 0.4) is 0 Å². The molecule has 30 heavy (non-hydrogen) atoms. The zero-order chi connectivity index (χ0) is 21.4. The fraction of sp³-hybridized carbons (Fsp3) is 0.105. The number of carbonyl (C=O) groups is 1. The van der Waals surface area contributed by atoms with Crippen LogP contribution in [-0.2, 0) is 11.3 Å². The first-order chi connectivity index (χ1) is 14.3. The van der Waals surface area contributed by atoms with Crippen molar-refractivity contribution in [2.75, 3.05) is 4.90 Å². The lowest BCUT2D eigenvalue weighted by Gasteiger charge is -2.14. The molecule has 2 aromatic heterocycles. The SMILES string of the molecule is Cc1cccc(N2C(=O)C(=Cc3ccc(Cn4cc(Cl)c([N+](=O)[O-])n4)o3)NC2=S)c1. The Morgan fingerprint density at radius 3 is 2.87 bits per heavy atom. The van der Waals surface area contributed by atoms with Crippen molar-refractivity contribution in [1.29, 1.82) is 0 Å². The van der Waals surface area contributed by atoms with Crippen molar-refractivity contribution in [2.24, 2.45) is 0 Å². The van der Waals surface area contributed by atoms with Crippen LogP contribution in [-0.4, -0.2) is 25.7 Å². The molecule has 3 aromatic rings. The summed E-state index contributed by atoms with van der Waals surface area (Å²) in [5.74, 6) is 0.191. The Labute approximate surface area is 180 Å². The Morgan fingerprint density at radius 1 is 1.37 bits per heavy atom. The molecule has 0 radical (unpaired) electrons. The average Bonchev–Trinajstić information content (AvgIpc) is 3.34. The van der Waals surface area contributed by atoms with Crippen molar-refractivity contribution in [3.63, 3.8) is 0 Å². The second-order valence-corrected chi connectivity index (χ2v) is 7.32. The van der Waals surface area contributed by atoms with E-state index < -0.39 is 10.7 Å². The van der Waals surface area contributed by atoms with Gasteiger partial charge in [0.1, 0.15) is 23.8 Å². The zero-order valence-electron chi connectivity index (χ0n) is 15.5. The van der Waals surface area contributed by atoms with E-state index in [1.807, 2.05) is 25.1 Å². The molecule has 0 aliphatic carbocycles. The number of hydrogen-bond donors (Lipinski definition) is 1. The van der Waals surface area contributed by atoms with Gasteiger partial charge in [0, 0.05) is 6.08 Å². The molecule has 1 aliphatic rings. The largest absolute Gasteiger partial charge is 0.460 e. The third-order valence-electron chi connectivity index (χ3n) is 4.30. The Balaban J connectivity index is 1.53.